The largest absolute Gasteiger partial charge is 0.496 e. The fourth-order valence-corrected chi connectivity index (χ4v) is 2.34. The zero-order chi connectivity index (χ0) is 14.7. The van der Waals surface area contributed by atoms with E-state index < -0.39 is 5.97 Å². The predicted octanol–water partition coefficient (Wildman–Crippen LogP) is 2.69. The number of hydrogen-bond acceptors (Lipinski definition) is 4. The molecular formula is C13H14BrN3O3. The van der Waals surface area contributed by atoms with Gasteiger partial charge in [0.15, 0.2) is 0 Å². The van der Waals surface area contributed by atoms with Gasteiger partial charge in [-0.2, -0.15) is 0 Å². The van der Waals surface area contributed by atoms with E-state index in [0.717, 1.165) is 16.6 Å². The van der Waals surface area contributed by atoms with Crippen molar-refractivity contribution in [1.29, 1.82) is 0 Å². The second-order valence-corrected chi connectivity index (χ2v) is 4.99. The Hall–Kier alpha value is -1.89. The van der Waals surface area contributed by atoms with Crippen molar-refractivity contribution in [1.82, 2.24) is 14.8 Å². The molecule has 2 aromatic rings. The van der Waals surface area contributed by atoms with Crippen LogP contribution in [0.2, 0.25) is 0 Å². The highest BCUT2D eigenvalue weighted by atomic mass is 79.9. The van der Waals surface area contributed by atoms with Gasteiger partial charge in [-0.15, -0.1) is 5.10 Å². The number of rotatable bonds is 5. The Kier molecular flexibility index (Phi) is 4.39. The minimum Gasteiger partial charge on any atom is -0.496 e. The van der Waals surface area contributed by atoms with E-state index in [2.05, 4.69) is 26.0 Å². The number of benzene rings is 1. The normalized spacial score (nSPS) is 10.6. The monoisotopic (exact) mass is 339 g/mol. The fourth-order valence-electron chi connectivity index (χ4n) is 1.81. The molecule has 0 amide bonds. The smallest absolute Gasteiger partial charge is 0.375 e. The predicted molar refractivity (Wildman–Crippen MR) is 76.6 cm³/mol. The van der Waals surface area contributed by atoms with Crippen LogP contribution in [0, 0.1) is 0 Å². The third-order valence-electron chi connectivity index (χ3n) is 2.72. The molecule has 1 aromatic carbocycles. The third kappa shape index (κ3) is 2.82. The minimum absolute atomic E-state index is 0.194. The number of aromatic nitrogens is 3. The average Bonchev–Trinajstić information content (AvgIpc) is 2.83. The number of ether oxygens (including phenoxy) is 1. The number of carboxylic acid groups (broad SMARTS) is 1. The van der Waals surface area contributed by atoms with Gasteiger partial charge >= 0.3 is 5.97 Å². The van der Waals surface area contributed by atoms with Gasteiger partial charge in [0.25, 0.3) is 5.82 Å². The molecule has 1 heterocycles. The number of carboxylic acids is 1. The summed E-state index contributed by atoms with van der Waals surface area (Å²) >= 11 is 3.40. The second kappa shape index (κ2) is 6.04. The first-order chi connectivity index (χ1) is 9.56. The summed E-state index contributed by atoms with van der Waals surface area (Å²) in [4.78, 5) is 15.1. The molecule has 0 atom stereocenters. The van der Waals surface area contributed by atoms with Gasteiger partial charge in [-0.05, 0) is 40.5 Å². The van der Waals surface area contributed by atoms with Crippen LogP contribution in [0.5, 0.6) is 5.75 Å². The van der Waals surface area contributed by atoms with Crippen LogP contribution in [-0.4, -0.2) is 33.0 Å². The lowest BCUT2D eigenvalue weighted by Gasteiger charge is -2.08. The van der Waals surface area contributed by atoms with Crippen LogP contribution in [0.3, 0.4) is 0 Å². The van der Waals surface area contributed by atoms with Gasteiger partial charge in [-0.25, -0.2) is 14.5 Å². The van der Waals surface area contributed by atoms with E-state index in [9.17, 15) is 4.79 Å². The molecule has 1 N–H and O–H groups in total. The van der Waals surface area contributed by atoms with Crippen LogP contribution in [0.4, 0.5) is 0 Å². The van der Waals surface area contributed by atoms with Crippen LogP contribution in [0.15, 0.2) is 22.7 Å². The van der Waals surface area contributed by atoms with Gasteiger partial charge < -0.3 is 9.84 Å². The van der Waals surface area contributed by atoms with Gasteiger partial charge in [0.2, 0.25) is 0 Å². The number of methoxy groups -OCH3 is 1. The Balaban J connectivity index is 2.50. The lowest BCUT2D eigenvalue weighted by molar-refractivity contribution is 0.0683. The van der Waals surface area contributed by atoms with Crippen LogP contribution in [-0.2, 0) is 6.42 Å². The van der Waals surface area contributed by atoms with Crippen molar-refractivity contribution in [3.63, 3.8) is 0 Å². The van der Waals surface area contributed by atoms with Crippen molar-refractivity contribution in [3.8, 4) is 11.4 Å². The van der Waals surface area contributed by atoms with E-state index in [0.29, 0.717) is 18.0 Å². The van der Waals surface area contributed by atoms with Crippen LogP contribution >= 0.6 is 15.9 Å². The summed E-state index contributed by atoms with van der Waals surface area (Å²) in [5.74, 6) is 0.000373. The number of carbonyl (C=O) groups is 1. The number of aromatic carboxylic acids is 1. The summed E-state index contributed by atoms with van der Waals surface area (Å²) in [6.07, 6.45) is 1.51. The van der Waals surface area contributed by atoms with Crippen LogP contribution in [0.1, 0.15) is 29.8 Å². The van der Waals surface area contributed by atoms with E-state index in [1.54, 1.807) is 17.9 Å². The van der Waals surface area contributed by atoms with Gasteiger partial charge in [-0.1, -0.05) is 6.92 Å². The molecule has 6 nitrogen and oxygen atoms in total. The molecule has 0 bridgehead atoms. The zero-order valence-corrected chi connectivity index (χ0v) is 12.7. The molecule has 1 aromatic heterocycles. The molecule has 7 heteroatoms. The highest BCUT2D eigenvalue weighted by molar-refractivity contribution is 9.10. The van der Waals surface area contributed by atoms with E-state index in [4.69, 9.17) is 9.84 Å². The van der Waals surface area contributed by atoms with Gasteiger partial charge in [0, 0.05) is 6.42 Å². The number of aryl methyl sites for hydroxylation is 1. The van der Waals surface area contributed by atoms with Crippen molar-refractivity contribution >= 4 is 21.9 Å². The van der Waals surface area contributed by atoms with Gasteiger partial charge in [0.05, 0.1) is 17.3 Å². The van der Waals surface area contributed by atoms with Gasteiger partial charge in [0.1, 0.15) is 11.6 Å². The number of halogens is 1. The highest BCUT2D eigenvalue weighted by Gasteiger charge is 2.16. The lowest BCUT2D eigenvalue weighted by Crippen LogP contribution is -2.04. The van der Waals surface area contributed by atoms with Crippen LogP contribution < -0.4 is 4.74 Å². The summed E-state index contributed by atoms with van der Waals surface area (Å²) in [6.45, 7) is 2.00. The molecule has 0 fully saturated rings. The van der Waals surface area contributed by atoms with E-state index in [1.807, 2.05) is 19.1 Å². The molecule has 2 rings (SSSR count). The summed E-state index contributed by atoms with van der Waals surface area (Å²) in [5, 5.41) is 13.0. The average molecular weight is 340 g/mol. The molecule has 106 valence electrons. The van der Waals surface area contributed by atoms with Crippen molar-refractivity contribution < 1.29 is 14.6 Å². The lowest BCUT2D eigenvalue weighted by atomic mass is 10.3. The molecule has 0 saturated heterocycles. The SMILES string of the molecule is CCCc1nc(C(=O)O)nn1-c1ccc(OC)c(Br)c1. The van der Waals surface area contributed by atoms with Crippen molar-refractivity contribution in [2.24, 2.45) is 0 Å². The van der Waals surface area contributed by atoms with E-state index in [1.165, 1.54) is 0 Å². The number of hydrogen-bond donors (Lipinski definition) is 1. The first-order valence-electron chi connectivity index (χ1n) is 6.10. The van der Waals surface area contributed by atoms with Crippen molar-refractivity contribution in [2.75, 3.05) is 7.11 Å². The number of nitrogens with zero attached hydrogens (tertiary/aromatic N) is 3. The first-order valence-corrected chi connectivity index (χ1v) is 6.89. The molecule has 0 saturated carbocycles. The summed E-state index contributed by atoms with van der Waals surface area (Å²) < 4.78 is 7.49. The molecule has 0 aliphatic rings. The summed E-state index contributed by atoms with van der Waals surface area (Å²) in [7, 11) is 1.58. The Labute approximate surface area is 124 Å². The second-order valence-electron chi connectivity index (χ2n) is 4.14. The van der Waals surface area contributed by atoms with Crippen molar-refractivity contribution in [2.45, 2.75) is 19.8 Å². The topological polar surface area (TPSA) is 77.2 Å². The standard InChI is InChI=1S/C13H14BrN3O3/c1-3-4-11-15-12(13(18)19)16-17(11)8-5-6-10(20-2)9(14)7-8/h5-7H,3-4H2,1-2H3,(H,18,19). The fraction of sp³-hybridized carbons (Fsp3) is 0.308. The van der Waals surface area contributed by atoms with Crippen molar-refractivity contribution in [3.05, 3.63) is 34.3 Å². The maximum Gasteiger partial charge on any atom is 0.375 e. The Bertz CT molecular complexity index is 640. The molecular weight excluding hydrogens is 326 g/mol. The Morgan fingerprint density at radius 3 is 2.80 bits per heavy atom. The van der Waals surface area contributed by atoms with Gasteiger partial charge in [-0.3, -0.25) is 0 Å². The third-order valence-corrected chi connectivity index (χ3v) is 3.34. The molecule has 0 spiro atoms. The molecule has 0 aliphatic heterocycles. The molecule has 0 aliphatic carbocycles. The van der Waals surface area contributed by atoms with Crippen LogP contribution in [0.25, 0.3) is 5.69 Å². The summed E-state index contributed by atoms with van der Waals surface area (Å²) in [6, 6.07) is 5.42. The summed E-state index contributed by atoms with van der Waals surface area (Å²) in [5.41, 5.74) is 0.737. The first kappa shape index (κ1) is 14.5. The Morgan fingerprint density at radius 1 is 1.50 bits per heavy atom. The quantitative estimate of drug-likeness (QED) is 0.906. The highest BCUT2D eigenvalue weighted by Crippen LogP contribution is 2.27. The maximum absolute atomic E-state index is 11.0. The molecule has 0 radical (unpaired) electrons. The minimum atomic E-state index is -1.13. The van der Waals surface area contributed by atoms with E-state index >= 15 is 0 Å². The maximum atomic E-state index is 11.0. The van der Waals surface area contributed by atoms with E-state index in [-0.39, 0.29) is 5.82 Å². The molecule has 20 heavy (non-hydrogen) atoms. The molecule has 0 unspecified atom stereocenters. The Morgan fingerprint density at radius 2 is 2.25 bits per heavy atom. The zero-order valence-electron chi connectivity index (χ0n) is 11.1.